The van der Waals surface area contributed by atoms with Crippen molar-refractivity contribution < 1.29 is 8.78 Å². The highest BCUT2D eigenvalue weighted by Crippen LogP contribution is 2.17. The van der Waals surface area contributed by atoms with Gasteiger partial charge in [-0.2, -0.15) is 0 Å². The first-order valence-electron chi connectivity index (χ1n) is 6.47. The molecule has 0 amide bonds. The van der Waals surface area contributed by atoms with Gasteiger partial charge >= 0.3 is 0 Å². The van der Waals surface area contributed by atoms with Crippen LogP contribution < -0.4 is 5.32 Å². The van der Waals surface area contributed by atoms with Crippen molar-refractivity contribution in [1.82, 2.24) is 5.32 Å². The van der Waals surface area contributed by atoms with Gasteiger partial charge < -0.3 is 5.32 Å². The lowest BCUT2D eigenvalue weighted by Gasteiger charge is -2.15. The normalized spacial score (nSPS) is 12.4. The average molecular weight is 296 g/mol. The zero-order valence-electron chi connectivity index (χ0n) is 11.2. The Kier molecular flexibility index (Phi) is 5.10. The van der Waals surface area contributed by atoms with E-state index in [4.69, 9.17) is 11.6 Å². The van der Waals surface area contributed by atoms with Crippen LogP contribution in [0.15, 0.2) is 42.5 Å². The van der Waals surface area contributed by atoms with Crippen LogP contribution in [0.1, 0.15) is 18.1 Å². The molecule has 106 valence electrons. The van der Waals surface area contributed by atoms with Crippen molar-refractivity contribution in [2.75, 3.05) is 0 Å². The van der Waals surface area contributed by atoms with Gasteiger partial charge in [-0.3, -0.25) is 0 Å². The summed E-state index contributed by atoms with van der Waals surface area (Å²) >= 11 is 6.09. The molecule has 2 aromatic carbocycles. The van der Waals surface area contributed by atoms with Crippen LogP contribution in [0.4, 0.5) is 8.78 Å². The van der Waals surface area contributed by atoms with Crippen molar-refractivity contribution in [2.45, 2.75) is 25.9 Å². The van der Waals surface area contributed by atoms with E-state index in [1.54, 1.807) is 0 Å². The van der Waals surface area contributed by atoms with Crippen molar-refractivity contribution in [3.05, 3.63) is 70.2 Å². The quantitative estimate of drug-likeness (QED) is 0.865. The second kappa shape index (κ2) is 6.82. The molecule has 0 aromatic heterocycles. The molecule has 0 fully saturated rings. The van der Waals surface area contributed by atoms with Gasteiger partial charge in [-0.05, 0) is 43.2 Å². The second-order valence-electron chi connectivity index (χ2n) is 4.81. The van der Waals surface area contributed by atoms with E-state index >= 15 is 0 Å². The molecule has 4 heteroatoms. The Morgan fingerprint density at radius 1 is 1.10 bits per heavy atom. The Bertz CT molecular complexity index is 586. The molecule has 0 bridgehead atoms. The molecule has 2 aromatic rings. The number of rotatable bonds is 5. The molecule has 1 unspecified atom stereocenters. The van der Waals surface area contributed by atoms with Crippen molar-refractivity contribution in [3.8, 4) is 0 Å². The standard InChI is InChI=1S/C16H16ClF2N/c1-11(8-12-4-2-3-5-15(12)17)20-10-13-9-14(18)6-7-16(13)19/h2-7,9,11,20H,8,10H2,1H3. The molecule has 0 saturated carbocycles. The highest BCUT2D eigenvalue weighted by Gasteiger charge is 2.08. The fourth-order valence-corrected chi connectivity index (χ4v) is 2.24. The highest BCUT2D eigenvalue weighted by molar-refractivity contribution is 6.31. The van der Waals surface area contributed by atoms with Crippen LogP contribution in [0.3, 0.4) is 0 Å². The van der Waals surface area contributed by atoms with Crippen LogP contribution in [0.5, 0.6) is 0 Å². The summed E-state index contributed by atoms with van der Waals surface area (Å²) in [5.41, 5.74) is 1.37. The number of hydrogen-bond donors (Lipinski definition) is 1. The summed E-state index contributed by atoms with van der Waals surface area (Å²) < 4.78 is 26.5. The van der Waals surface area contributed by atoms with E-state index in [-0.39, 0.29) is 12.6 Å². The Morgan fingerprint density at radius 3 is 2.60 bits per heavy atom. The molecule has 0 heterocycles. The lowest BCUT2D eigenvalue weighted by Crippen LogP contribution is -2.28. The summed E-state index contributed by atoms with van der Waals surface area (Å²) in [6.45, 7) is 2.27. The third-order valence-corrected chi connectivity index (χ3v) is 3.50. The minimum Gasteiger partial charge on any atom is -0.310 e. The minimum atomic E-state index is -0.429. The second-order valence-corrected chi connectivity index (χ2v) is 5.22. The molecule has 0 spiro atoms. The van der Waals surface area contributed by atoms with E-state index in [0.29, 0.717) is 5.56 Å². The van der Waals surface area contributed by atoms with Gasteiger partial charge in [0.2, 0.25) is 0 Å². The number of hydrogen-bond acceptors (Lipinski definition) is 1. The Hall–Kier alpha value is -1.45. The van der Waals surface area contributed by atoms with E-state index in [1.807, 2.05) is 31.2 Å². The first-order valence-corrected chi connectivity index (χ1v) is 6.85. The van der Waals surface area contributed by atoms with Crippen molar-refractivity contribution in [3.63, 3.8) is 0 Å². The predicted octanol–water partition coefficient (Wildman–Crippen LogP) is 4.34. The molecule has 0 aliphatic carbocycles. The lowest BCUT2D eigenvalue weighted by atomic mass is 10.1. The van der Waals surface area contributed by atoms with Crippen molar-refractivity contribution in [2.24, 2.45) is 0 Å². The van der Waals surface area contributed by atoms with Crippen molar-refractivity contribution in [1.29, 1.82) is 0 Å². The molecule has 0 radical (unpaired) electrons. The smallest absolute Gasteiger partial charge is 0.127 e. The maximum atomic E-state index is 13.5. The molecule has 1 nitrogen and oxygen atoms in total. The van der Waals surface area contributed by atoms with Crippen LogP contribution in [0.2, 0.25) is 5.02 Å². The zero-order valence-corrected chi connectivity index (χ0v) is 11.9. The van der Waals surface area contributed by atoms with Gasteiger partial charge in [0.05, 0.1) is 0 Å². The van der Waals surface area contributed by atoms with E-state index in [1.165, 1.54) is 6.07 Å². The van der Waals surface area contributed by atoms with Gasteiger partial charge in [0.15, 0.2) is 0 Å². The van der Waals surface area contributed by atoms with Crippen molar-refractivity contribution >= 4 is 11.6 Å². The molecule has 20 heavy (non-hydrogen) atoms. The fraction of sp³-hybridized carbons (Fsp3) is 0.250. The van der Waals surface area contributed by atoms with Gasteiger partial charge in [0.1, 0.15) is 11.6 Å². The summed E-state index contributed by atoms with van der Waals surface area (Å²) in [5.74, 6) is -0.828. The highest BCUT2D eigenvalue weighted by atomic mass is 35.5. The maximum absolute atomic E-state index is 13.5. The van der Waals surface area contributed by atoms with Gasteiger partial charge in [-0.15, -0.1) is 0 Å². The molecule has 0 aliphatic rings. The molecular formula is C16H16ClF2N. The lowest BCUT2D eigenvalue weighted by molar-refractivity contribution is 0.520. The SMILES string of the molecule is CC(Cc1ccccc1Cl)NCc1cc(F)ccc1F. The number of halogens is 3. The van der Waals surface area contributed by atoms with E-state index in [9.17, 15) is 8.78 Å². The van der Waals surface area contributed by atoms with Crippen LogP contribution in [-0.2, 0) is 13.0 Å². The molecule has 1 atom stereocenters. The predicted molar refractivity (Wildman–Crippen MR) is 77.8 cm³/mol. The fourth-order valence-electron chi connectivity index (χ4n) is 2.03. The Morgan fingerprint density at radius 2 is 1.85 bits per heavy atom. The summed E-state index contributed by atoms with van der Waals surface area (Å²) in [5, 5.41) is 3.90. The minimum absolute atomic E-state index is 0.109. The molecular weight excluding hydrogens is 280 g/mol. The molecule has 0 aliphatic heterocycles. The summed E-state index contributed by atoms with van der Waals surface area (Å²) in [6.07, 6.45) is 0.733. The molecule has 1 N–H and O–H groups in total. The zero-order chi connectivity index (χ0) is 14.5. The van der Waals surface area contributed by atoms with E-state index < -0.39 is 11.6 Å². The van der Waals surface area contributed by atoms with Gasteiger partial charge in [0, 0.05) is 23.2 Å². The third-order valence-electron chi connectivity index (χ3n) is 3.13. The van der Waals surface area contributed by atoms with Crippen LogP contribution in [0.25, 0.3) is 0 Å². The molecule has 0 saturated heterocycles. The first kappa shape index (κ1) is 14.9. The Labute approximate surface area is 122 Å². The molecule has 2 rings (SSSR count). The van der Waals surface area contributed by atoms with E-state index in [2.05, 4.69) is 5.32 Å². The Balaban J connectivity index is 1.94. The van der Waals surface area contributed by atoms with Crippen LogP contribution >= 0.6 is 11.6 Å². The topological polar surface area (TPSA) is 12.0 Å². The maximum Gasteiger partial charge on any atom is 0.127 e. The average Bonchev–Trinajstić information content (AvgIpc) is 2.42. The number of nitrogens with one attached hydrogen (secondary N) is 1. The summed E-state index contributed by atoms with van der Waals surface area (Å²) in [6, 6.07) is 11.2. The largest absolute Gasteiger partial charge is 0.310 e. The summed E-state index contributed by atoms with van der Waals surface area (Å²) in [7, 11) is 0. The third kappa shape index (κ3) is 4.02. The van der Waals surface area contributed by atoms with E-state index in [0.717, 1.165) is 29.1 Å². The van der Waals surface area contributed by atoms with Gasteiger partial charge in [0.25, 0.3) is 0 Å². The summed E-state index contributed by atoms with van der Waals surface area (Å²) in [4.78, 5) is 0. The van der Waals surface area contributed by atoms with Gasteiger partial charge in [-0.25, -0.2) is 8.78 Å². The first-order chi connectivity index (χ1) is 9.56. The monoisotopic (exact) mass is 295 g/mol. The number of benzene rings is 2. The van der Waals surface area contributed by atoms with Gasteiger partial charge in [-0.1, -0.05) is 29.8 Å². The van der Waals surface area contributed by atoms with Crippen LogP contribution in [0, 0.1) is 11.6 Å². The van der Waals surface area contributed by atoms with Crippen LogP contribution in [-0.4, -0.2) is 6.04 Å².